The fourth-order valence-electron chi connectivity index (χ4n) is 5.87. The summed E-state index contributed by atoms with van der Waals surface area (Å²) in [5.41, 5.74) is -1.01. The van der Waals surface area contributed by atoms with Crippen molar-refractivity contribution < 1.29 is 36.6 Å². The van der Waals surface area contributed by atoms with Gasteiger partial charge in [0.25, 0.3) is 0 Å². The van der Waals surface area contributed by atoms with E-state index in [0.29, 0.717) is 51.5 Å². The molecule has 2 amide bonds. The number of fused-ring (bicyclic) bond motifs is 1. The first-order chi connectivity index (χ1) is 16.1. The van der Waals surface area contributed by atoms with Crippen LogP contribution in [0.1, 0.15) is 44.1 Å². The van der Waals surface area contributed by atoms with E-state index in [-0.39, 0.29) is 47.7 Å². The molecule has 3 aliphatic heterocycles. The lowest BCUT2D eigenvalue weighted by Crippen LogP contribution is -2.57. The molecule has 5 rings (SSSR count). The molecule has 34 heavy (non-hydrogen) atoms. The minimum Gasteiger partial charge on any atom is -0.487 e. The number of piperidine rings is 2. The molecule has 1 aromatic carbocycles. The van der Waals surface area contributed by atoms with Gasteiger partial charge in [-0.05, 0) is 55.7 Å². The zero-order valence-electron chi connectivity index (χ0n) is 18.8. The molecule has 1 aromatic rings. The molecule has 6 nitrogen and oxygen atoms in total. The van der Waals surface area contributed by atoms with E-state index in [2.05, 4.69) is 0 Å². The largest absolute Gasteiger partial charge is 0.487 e. The Hall–Kier alpha value is -2.36. The van der Waals surface area contributed by atoms with Crippen molar-refractivity contribution in [1.29, 1.82) is 0 Å². The minimum atomic E-state index is -4.59. The summed E-state index contributed by atoms with van der Waals surface area (Å²) in [6.45, 7) is 2.61. The maximum absolute atomic E-state index is 14.1. The average molecular weight is 484 g/mol. The highest BCUT2D eigenvalue weighted by Gasteiger charge is 2.48. The lowest BCUT2D eigenvalue weighted by atomic mass is 9.61. The third-order valence-corrected chi connectivity index (χ3v) is 7.85. The van der Waals surface area contributed by atoms with Crippen LogP contribution in [-0.4, -0.2) is 66.6 Å². The van der Waals surface area contributed by atoms with Crippen LogP contribution in [0.4, 0.5) is 22.4 Å². The molecule has 0 bridgehead atoms. The Labute approximate surface area is 195 Å². The molecule has 4 aliphatic rings. The minimum absolute atomic E-state index is 0.00488. The van der Waals surface area contributed by atoms with E-state index in [1.807, 2.05) is 9.80 Å². The average Bonchev–Trinajstić information content (AvgIpc) is 2.78. The van der Waals surface area contributed by atoms with Crippen molar-refractivity contribution in [3.8, 4) is 5.75 Å². The fourth-order valence-corrected chi connectivity index (χ4v) is 5.87. The molecule has 1 aliphatic carbocycles. The van der Waals surface area contributed by atoms with Crippen molar-refractivity contribution in [2.45, 2.75) is 56.9 Å². The van der Waals surface area contributed by atoms with E-state index in [0.717, 1.165) is 31.4 Å². The summed E-state index contributed by atoms with van der Waals surface area (Å²) >= 11 is 0. The number of carbonyl (C=O) groups excluding carboxylic acids is 2. The number of hydrogen-bond donors (Lipinski definition) is 0. The van der Waals surface area contributed by atoms with E-state index < -0.39 is 17.6 Å². The van der Waals surface area contributed by atoms with E-state index in [9.17, 15) is 27.2 Å². The van der Waals surface area contributed by atoms with Gasteiger partial charge in [-0.2, -0.15) is 13.2 Å². The standard InChI is InChI=1S/C24H28F4N2O4/c25-19-10-16(24(26,27)28)1-2-21(19)34-18-11-23(12-18)4-7-29(8-5-23)22(32)30-6-3-20-15(13-30)9-17(31)14-33-20/h1-2,10,15,18,20H,3-9,11-14H2/t15-,20+/m1/s1. The summed E-state index contributed by atoms with van der Waals surface area (Å²) in [6, 6.07) is 2.34. The highest BCUT2D eigenvalue weighted by molar-refractivity contribution is 5.81. The first-order valence-corrected chi connectivity index (χ1v) is 11.8. The van der Waals surface area contributed by atoms with Crippen LogP contribution in [0, 0.1) is 17.2 Å². The molecule has 0 radical (unpaired) electrons. The van der Waals surface area contributed by atoms with Gasteiger partial charge in [0.2, 0.25) is 0 Å². The van der Waals surface area contributed by atoms with E-state index in [1.165, 1.54) is 0 Å². The third-order valence-electron chi connectivity index (χ3n) is 7.85. The van der Waals surface area contributed by atoms with Crippen LogP contribution in [0.2, 0.25) is 0 Å². The maximum atomic E-state index is 14.1. The number of likely N-dealkylation sites (tertiary alicyclic amines) is 2. The van der Waals surface area contributed by atoms with Crippen molar-refractivity contribution >= 4 is 11.8 Å². The summed E-state index contributed by atoms with van der Waals surface area (Å²) in [7, 11) is 0. The molecule has 0 N–H and O–H groups in total. The van der Waals surface area contributed by atoms with Crippen LogP contribution in [0.25, 0.3) is 0 Å². The Balaban J connectivity index is 1.10. The van der Waals surface area contributed by atoms with Crippen LogP contribution in [0.3, 0.4) is 0 Å². The Morgan fingerprint density at radius 3 is 2.53 bits per heavy atom. The quantitative estimate of drug-likeness (QED) is 0.589. The van der Waals surface area contributed by atoms with Gasteiger partial charge in [0.15, 0.2) is 17.3 Å². The van der Waals surface area contributed by atoms with Gasteiger partial charge in [-0.3, -0.25) is 4.79 Å². The number of rotatable bonds is 2. The molecule has 186 valence electrons. The van der Waals surface area contributed by atoms with E-state index >= 15 is 0 Å². The van der Waals surface area contributed by atoms with Crippen LogP contribution in [-0.2, 0) is 15.7 Å². The molecule has 0 aromatic heterocycles. The Morgan fingerprint density at radius 2 is 1.85 bits per heavy atom. The van der Waals surface area contributed by atoms with Gasteiger partial charge < -0.3 is 19.3 Å². The van der Waals surface area contributed by atoms with E-state index in [4.69, 9.17) is 9.47 Å². The summed E-state index contributed by atoms with van der Waals surface area (Å²) in [5.74, 6) is -1.00. The van der Waals surface area contributed by atoms with E-state index in [1.54, 1.807) is 0 Å². The highest BCUT2D eigenvalue weighted by atomic mass is 19.4. The van der Waals surface area contributed by atoms with Crippen LogP contribution < -0.4 is 4.74 Å². The van der Waals surface area contributed by atoms with Crippen molar-refractivity contribution in [2.24, 2.45) is 11.3 Å². The summed E-state index contributed by atoms with van der Waals surface area (Å²) < 4.78 is 63.5. The van der Waals surface area contributed by atoms with Gasteiger partial charge in [-0.15, -0.1) is 0 Å². The second-order valence-electron chi connectivity index (χ2n) is 10.1. The van der Waals surface area contributed by atoms with Crippen molar-refractivity contribution in [3.63, 3.8) is 0 Å². The molecule has 0 unspecified atom stereocenters. The first kappa shape index (κ1) is 23.4. The van der Waals surface area contributed by atoms with Gasteiger partial charge in [-0.1, -0.05) is 0 Å². The SMILES string of the molecule is O=C1CO[C@H]2CCN(C(=O)N3CCC4(CC3)CC(Oc3ccc(C(F)(F)F)cc3F)C4)C[C@H]2C1. The summed E-state index contributed by atoms with van der Waals surface area (Å²) in [5, 5.41) is 0. The lowest BCUT2D eigenvalue weighted by molar-refractivity contribution is -0.140. The van der Waals surface area contributed by atoms with Crippen molar-refractivity contribution in [1.82, 2.24) is 9.80 Å². The van der Waals surface area contributed by atoms with Crippen molar-refractivity contribution in [3.05, 3.63) is 29.6 Å². The van der Waals surface area contributed by atoms with Crippen LogP contribution >= 0.6 is 0 Å². The Kier molecular flexibility index (Phi) is 5.98. The van der Waals surface area contributed by atoms with Crippen molar-refractivity contribution in [2.75, 3.05) is 32.8 Å². The number of benzene rings is 1. The molecule has 4 fully saturated rings. The Bertz CT molecular complexity index is 953. The molecular weight excluding hydrogens is 456 g/mol. The number of Topliss-reactive ketones (excluding diaryl/α,β-unsaturated/α-hetero) is 1. The second-order valence-corrected chi connectivity index (χ2v) is 10.1. The van der Waals surface area contributed by atoms with Gasteiger partial charge in [0.1, 0.15) is 6.61 Å². The van der Waals surface area contributed by atoms with Gasteiger partial charge in [0, 0.05) is 38.5 Å². The number of halogens is 4. The summed E-state index contributed by atoms with van der Waals surface area (Å²) in [4.78, 5) is 28.5. The third kappa shape index (κ3) is 4.61. The maximum Gasteiger partial charge on any atom is 0.416 e. The number of hydrogen-bond acceptors (Lipinski definition) is 4. The molecular formula is C24H28F4N2O4. The molecule has 3 saturated heterocycles. The van der Waals surface area contributed by atoms with Gasteiger partial charge in [-0.25, -0.2) is 9.18 Å². The predicted octanol–water partition coefficient (Wildman–Crippen LogP) is 4.27. The first-order valence-electron chi connectivity index (χ1n) is 11.8. The molecule has 2 atom stereocenters. The highest BCUT2D eigenvalue weighted by Crippen LogP contribution is 2.50. The topological polar surface area (TPSA) is 59.1 Å². The molecule has 1 spiro atoms. The number of alkyl halides is 3. The van der Waals surface area contributed by atoms with Gasteiger partial charge in [0.05, 0.1) is 17.8 Å². The number of ketones is 1. The normalized spacial score (nSPS) is 27.4. The smallest absolute Gasteiger partial charge is 0.416 e. The second kappa shape index (κ2) is 8.70. The number of carbonyl (C=O) groups is 2. The Morgan fingerprint density at radius 1 is 1.12 bits per heavy atom. The summed E-state index contributed by atoms with van der Waals surface area (Å²) in [6.07, 6.45) is -0.526. The van der Waals surface area contributed by atoms with Crippen LogP contribution in [0.5, 0.6) is 5.75 Å². The zero-order valence-corrected chi connectivity index (χ0v) is 18.8. The lowest BCUT2D eigenvalue weighted by Gasteiger charge is -2.52. The molecule has 3 heterocycles. The monoisotopic (exact) mass is 484 g/mol. The molecule has 1 saturated carbocycles. The van der Waals surface area contributed by atoms with Gasteiger partial charge >= 0.3 is 12.2 Å². The number of ether oxygens (including phenoxy) is 2. The predicted molar refractivity (Wildman–Crippen MR) is 113 cm³/mol. The van der Waals surface area contributed by atoms with Crippen LogP contribution in [0.15, 0.2) is 18.2 Å². The zero-order chi connectivity index (χ0) is 24.1. The molecule has 10 heteroatoms. The fraction of sp³-hybridized carbons (Fsp3) is 0.667. The number of nitrogens with zero attached hydrogens (tertiary/aromatic N) is 2. The number of urea groups is 1. The number of amides is 2.